The SMILES string of the molecule is CCCCC/C=C\C/C=C\C/C=C\CCCCCCCCC(=O)OC[C@@H](COC(=O)CCCCCCC/C=C\CCCCCCCC)OC(=O)CCCCCCCCCCC/C=C\CCCCCCCC. The Bertz CT molecular complexity index is 1280. The molecule has 0 aromatic rings. The Balaban J connectivity index is 4.39. The Morgan fingerprint density at radius 1 is 0.282 bits per heavy atom. The van der Waals surface area contributed by atoms with Gasteiger partial charge in [0.25, 0.3) is 0 Å². The molecule has 412 valence electrons. The van der Waals surface area contributed by atoms with Gasteiger partial charge in [-0.2, -0.15) is 0 Å². The van der Waals surface area contributed by atoms with Gasteiger partial charge in [0, 0.05) is 19.3 Å². The van der Waals surface area contributed by atoms with Crippen LogP contribution >= 0.6 is 0 Å². The van der Waals surface area contributed by atoms with Gasteiger partial charge in [-0.1, -0.05) is 248 Å². The van der Waals surface area contributed by atoms with E-state index in [4.69, 9.17) is 14.2 Å². The number of ether oxygens (including phenoxy) is 3. The molecule has 0 N–H and O–H groups in total. The lowest BCUT2D eigenvalue weighted by molar-refractivity contribution is -0.167. The van der Waals surface area contributed by atoms with Crippen LogP contribution in [-0.4, -0.2) is 37.2 Å². The molecule has 0 radical (unpaired) electrons. The van der Waals surface area contributed by atoms with E-state index in [1.165, 1.54) is 193 Å². The number of esters is 3. The fraction of sp³-hybridized carbons (Fsp3) is 0.800. The molecule has 0 aliphatic carbocycles. The maximum atomic E-state index is 12.9. The standard InChI is InChI=1S/C65H116O6/c1-4-7-10-13-16-19-22-25-28-30-32-34-37-40-43-46-49-52-55-58-64(67)70-61-62(60-69-63(66)57-54-51-48-45-42-39-36-27-24-21-18-15-12-9-6-3)71-65(68)59-56-53-50-47-44-41-38-35-33-31-29-26-23-20-17-14-11-8-5-2/h16,19,25-29,32,34,36,62H,4-15,17-18,20-24,30-31,33,35,37-61H2,1-3H3/b19-16-,28-25-,29-26-,34-32-,36-27-/t62-/m1/s1. The fourth-order valence-electron chi connectivity index (χ4n) is 8.79. The Hall–Kier alpha value is -2.89. The number of carbonyl (C=O) groups is 3. The van der Waals surface area contributed by atoms with Crippen LogP contribution in [0.25, 0.3) is 0 Å². The molecule has 0 bridgehead atoms. The molecule has 0 aliphatic heterocycles. The summed E-state index contributed by atoms with van der Waals surface area (Å²) in [6.07, 6.45) is 74.9. The maximum Gasteiger partial charge on any atom is 0.306 e. The Morgan fingerprint density at radius 2 is 0.507 bits per heavy atom. The van der Waals surface area contributed by atoms with Crippen LogP contribution in [0.4, 0.5) is 0 Å². The molecule has 0 spiro atoms. The molecule has 0 aromatic heterocycles. The highest BCUT2D eigenvalue weighted by Crippen LogP contribution is 2.16. The summed E-state index contributed by atoms with van der Waals surface area (Å²) in [7, 11) is 0. The van der Waals surface area contributed by atoms with Crippen LogP contribution in [0.2, 0.25) is 0 Å². The summed E-state index contributed by atoms with van der Waals surface area (Å²) in [5.41, 5.74) is 0. The largest absolute Gasteiger partial charge is 0.462 e. The number of allylic oxidation sites excluding steroid dienone is 10. The third kappa shape index (κ3) is 57.9. The van der Waals surface area contributed by atoms with Crippen molar-refractivity contribution in [2.75, 3.05) is 13.2 Å². The van der Waals surface area contributed by atoms with Gasteiger partial charge >= 0.3 is 17.9 Å². The average molecular weight is 994 g/mol. The van der Waals surface area contributed by atoms with Gasteiger partial charge in [-0.25, -0.2) is 0 Å². The zero-order valence-corrected chi connectivity index (χ0v) is 47.2. The highest BCUT2D eigenvalue weighted by molar-refractivity contribution is 5.71. The van der Waals surface area contributed by atoms with Crippen molar-refractivity contribution in [3.05, 3.63) is 60.8 Å². The van der Waals surface area contributed by atoms with E-state index >= 15 is 0 Å². The van der Waals surface area contributed by atoms with E-state index in [2.05, 4.69) is 81.5 Å². The molecule has 71 heavy (non-hydrogen) atoms. The molecule has 0 unspecified atom stereocenters. The van der Waals surface area contributed by atoms with Crippen molar-refractivity contribution in [3.8, 4) is 0 Å². The number of hydrogen-bond donors (Lipinski definition) is 0. The highest BCUT2D eigenvalue weighted by atomic mass is 16.6. The molecular weight excluding hydrogens is 877 g/mol. The van der Waals surface area contributed by atoms with Crippen molar-refractivity contribution in [1.29, 1.82) is 0 Å². The molecule has 1 atom stereocenters. The second-order valence-electron chi connectivity index (χ2n) is 20.6. The van der Waals surface area contributed by atoms with Crippen LogP contribution in [-0.2, 0) is 28.6 Å². The second kappa shape index (κ2) is 59.7. The summed E-state index contributed by atoms with van der Waals surface area (Å²) >= 11 is 0. The lowest BCUT2D eigenvalue weighted by atomic mass is 10.1. The van der Waals surface area contributed by atoms with Crippen molar-refractivity contribution in [2.24, 2.45) is 0 Å². The Labute approximate surface area is 440 Å². The van der Waals surface area contributed by atoms with Crippen LogP contribution in [0.5, 0.6) is 0 Å². The number of carbonyl (C=O) groups excluding carboxylic acids is 3. The zero-order chi connectivity index (χ0) is 51.4. The molecule has 0 saturated heterocycles. The molecule has 6 nitrogen and oxygen atoms in total. The molecule has 0 heterocycles. The van der Waals surface area contributed by atoms with Crippen molar-refractivity contribution < 1.29 is 28.6 Å². The first-order valence-corrected chi connectivity index (χ1v) is 30.8. The monoisotopic (exact) mass is 993 g/mol. The smallest absolute Gasteiger partial charge is 0.306 e. The molecule has 0 aliphatic rings. The molecule has 6 heteroatoms. The third-order valence-corrected chi connectivity index (χ3v) is 13.5. The summed E-state index contributed by atoms with van der Waals surface area (Å²) in [4.78, 5) is 38.3. The van der Waals surface area contributed by atoms with E-state index in [0.29, 0.717) is 19.3 Å². The van der Waals surface area contributed by atoms with Gasteiger partial charge in [-0.15, -0.1) is 0 Å². The number of unbranched alkanes of at least 4 members (excludes halogenated alkanes) is 35. The van der Waals surface area contributed by atoms with Gasteiger partial charge in [0.15, 0.2) is 6.10 Å². The van der Waals surface area contributed by atoms with E-state index in [9.17, 15) is 14.4 Å². The lowest BCUT2D eigenvalue weighted by Gasteiger charge is -2.18. The van der Waals surface area contributed by atoms with Gasteiger partial charge in [-0.3, -0.25) is 14.4 Å². The first kappa shape index (κ1) is 68.1. The van der Waals surface area contributed by atoms with Crippen molar-refractivity contribution in [3.63, 3.8) is 0 Å². The van der Waals surface area contributed by atoms with E-state index in [0.717, 1.165) is 83.5 Å². The summed E-state index contributed by atoms with van der Waals surface area (Å²) in [6, 6.07) is 0. The van der Waals surface area contributed by atoms with Gasteiger partial charge in [0.2, 0.25) is 0 Å². The molecule has 0 saturated carbocycles. The van der Waals surface area contributed by atoms with Crippen LogP contribution in [0.3, 0.4) is 0 Å². The molecule has 0 rings (SSSR count). The molecule has 0 amide bonds. The first-order valence-electron chi connectivity index (χ1n) is 30.8. The average Bonchev–Trinajstić information content (AvgIpc) is 3.37. The van der Waals surface area contributed by atoms with Crippen LogP contribution < -0.4 is 0 Å². The number of hydrogen-bond acceptors (Lipinski definition) is 6. The van der Waals surface area contributed by atoms with E-state index in [-0.39, 0.29) is 31.1 Å². The van der Waals surface area contributed by atoms with E-state index in [1.807, 2.05) is 0 Å². The minimum absolute atomic E-state index is 0.0822. The van der Waals surface area contributed by atoms with Crippen molar-refractivity contribution in [1.82, 2.24) is 0 Å². The van der Waals surface area contributed by atoms with E-state index < -0.39 is 6.10 Å². The van der Waals surface area contributed by atoms with Gasteiger partial charge in [0.05, 0.1) is 0 Å². The predicted octanol–water partition coefficient (Wildman–Crippen LogP) is 20.8. The summed E-state index contributed by atoms with van der Waals surface area (Å²) in [6.45, 7) is 6.62. The van der Waals surface area contributed by atoms with Crippen LogP contribution in [0.1, 0.15) is 316 Å². The summed E-state index contributed by atoms with van der Waals surface area (Å²) in [5, 5.41) is 0. The quantitative estimate of drug-likeness (QED) is 0.0261. The van der Waals surface area contributed by atoms with Gasteiger partial charge in [-0.05, 0) is 109 Å². The van der Waals surface area contributed by atoms with Crippen LogP contribution in [0.15, 0.2) is 60.8 Å². The predicted molar refractivity (Wildman–Crippen MR) is 307 cm³/mol. The minimum atomic E-state index is -0.785. The maximum absolute atomic E-state index is 12.9. The minimum Gasteiger partial charge on any atom is -0.462 e. The second-order valence-corrected chi connectivity index (χ2v) is 20.6. The normalized spacial score (nSPS) is 12.4. The van der Waals surface area contributed by atoms with Crippen molar-refractivity contribution >= 4 is 17.9 Å². The highest BCUT2D eigenvalue weighted by Gasteiger charge is 2.19. The fourth-order valence-corrected chi connectivity index (χ4v) is 8.79. The Kier molecular flexibility index (Phi) is 57.2. The Morgan fingerprint density at radius 3 is 0.831 bits per heavy atom. The zero-order valence-electron chi connectivity index (χ0n) is 47.2. The lowest BCUT2D eigenvalue weighted by Crippen LogP contribution is -2.30. The first-order chi connectivity index (χ1) is 35.0. The topological polar surface area (TPSA) is 78.9 Å². The summed E-state index contributed by atoms with van der Waals surface area (Å²) in [5.74, 6) is -0.890. The van der Waals surface area contributed by atoms with Crippen LogP contribution in [0, 0.1) is 0 Å². The molecule has 0 aromatic carbocycles. The molecule has 0 fully saturated rings. The van der Waals surface area contributed by atoms with Gasteiger partial charge < -0.3 is 14.2 Å². The summed E-state index contributed by atoms with van der Waals surface area (Å²) < 4.78 is 16.9. The third-order valence-electron chi connectivity index (χ3n) is 13.5. The van der Waals surface area contributed by atoms with Gasteiger partial charge in [0.1, 0.15) is 13.2 Å². The molecular formula is C65H116O6. The number of rotatable bonds is 56. The van der Waals surface area contributed by atoms with Crippen molar-refractivity contribution in [2.45, 2.75) is 322 Å². The van der Waals surface area contributed by atoms with E-state index in [1.54, 1.807) is 0 Å².